The summed E-state index contributed by atoms with van der Waals surface area (Å²) in [5, 5.41) is 8.82. The third-order valence-electron chi connectivity index (χ3n) is 2.77. The third-order valence-corrected chi connectivity index (χ3v) is 2.77. The molecule has 3 nitrogen and oxygen atoms in total. The fourth-order valence-corrected chi connectivity index (χ4v) is 1.95. The van der Waals surface area contributed by atoms with E-state index in [-0.39, 0.29) is 0 Å². The summed E-state index contributed by atoms with van der Waals surface area (Å²) >= 11 is 0. The van der Waals surface area contributed by atoms with Gasteiger partial charge >= 0.3 is 0 Å². The predicted octanol–water partition coefficient (Wildman–Crippen LogP) is 1.12. The highest BCUT2D eigenvalue weighted by Gasteiger charge is 2.21. The minimum absolute atomic E-state index is 0.334. The van der Waals surface area contributed by atoms with Crippen LogP contribution in [0.4, 0.5) is 0 Å². The van der Waals surface area contributed by atoms with E-state index >= 15 is 0 Å². The molecule has 1 atom stereocenters. The Morgan fingerprint density at radius 3 is 2.93 bits per heavy atom. The van der Waals surface area contributed by atoms with Crippen LogP contribution < -0.4 is 0 Å². The quantitative estimate of drug-likeness (QED) is 0.699. The van der Waals surface area contributed by atoms with E-state index in [1.807, 2.05) is 0 Å². The standard InChI is InChI=1S/C11H23NO2/c1-10(2)14-8-6-12-5-3-11(9-12)4-7-13/h10-11,13H,3-9H2,1-2H3. The van der Waals surface area contributed by atoms with Crippen molar-refractivity contribution in [3.63, 3.8) is 0 Å². The summed E-state index contributed by atoms with van der Waals surface area (Å²) in [6, 6.07) is 0. The molecule has 0 saturated carbocycles. The van der Waals surface area contributed by atoms with Gasteiger partial charge in [0, 0.05) is 19.7 Å². The number of ether oxygens (including phenoxy) is 1. The zero-order chi connectivity index (χ0) is 10.4. The molecule has 1 unspecified atom stereocenters. The Bertz CT molecular complexity index is 150. The lowest BCUT2D eigenvalue weighted by atomic mass is 10.1. The van der Waals surface area contributed by atoms with Gasteiger partial charge in [0.05, 0.1) is 12.7 Å². The third kappa shape index (κ3) is 4.40. The van der Waals surface area contributed by atoms with Crippen molar-refractivity contribution in [2.75, 3.05) is 32.8 Å². The van der Waals surface area contributed by atoms with Gasteiger partial charge in [-0.2, -0.15) is 0 Å². The minimum Gasteiger partial charge on any atom is -0.396 e. The first-order valence-electron chi connectivity index (χ1n) is 5.67. The molecule has 0 radical (unpaired) electrons. The second kappa shape index (κ2) is 6.38. The Morgan fingerprint density at radius 1 is 1.50 bits per heavy atom. The number of likely N-dealkylation sites (tertiary alicyclic amines) is 1. The van der Waals surface area contributed by atoms with Crippen LogP contribution in [-0.4, -0.2) is 49.0 Å². The second-order valence-corrected chi connectivity index (χ2v) is 4.39. The molecule has 1 saturated heterocycles. The van der Waals surface area contributed by atoms with E-state index in [0.29, 0.717) is 18.6 Å². The van der Waals surface area contributed by atoms with Gasteiger partial charge < -0.3 is 14.7 Å². The largest absolute Gasteiger partial charge is 0.396 e. The molecule has 1 aliphatic heterocycles. The van der Waals surface area contributed by atoms with Crippen molar-refractivity contribution in [3.05, 3.63) is 0 Å². The van der Waals surface area contributed by atoms with Crippen LogP contribution in [0.5, 0.6) is 0 Å². The lowest BCUT2D eigenvalue weighted by Gasteiger charge is -2.16. The lowest BCUT2D eigenvalue weighted by Crippen LogP contribution is -2.26. The number of nitrogens with zero attached hydrogens (tertiary/aromatic N) is 1. The van der Waals surface area contributed by atoms with Crippen molar-refractivity contribution in [2.24, 2.45) is 5.92 Å². The van der Waals surface area contributed by atoms with Gasteiger partial charge in [0.2, 0.25) is 0 Å². The highest BCUT2D eigenvalue weighted by molar-refractivity contribution is 4.74. The lowest BCUT2D eigenvalue weighted by molar-refractivity contribution is 0.0627. The van der Waals surface area contributed by atoms with Gasteiger partial charge in [0.1, 0.15) is 0 Å². The first-order chi connectivity index (χ1) is 6.72. The fraction of sp³-hybridized carbons (Fsp3) is 1.00. The predicted molar refractivity (Wildman–Crippen MR) is 57.3 cm³/mol. The summed E-state index contributed by atoms with van der Waals surface area (Å²) in [5.74, 6) is 0.707. The van der Waals surface area contributed by atoms with E-state index in [4.69, 9.17) is 9.84 Å². The second-order valence-electron chi connectivity index (χ2n) is 4.39. The molecule has 1 fully saturated rings. The van der Waals surface area contributed by atoms with Crippen LogP contribution in [0.1, 0.15) is 26.7 Å². The van der Waals surface area contributed by atoms with Crippen molar-refractivity contribution in [3.8, 4) is 0 Å². The van der Waals surface area contributed by atoms with Gasteiger partial charge in [-0.3, -0.25) is 0 Å². The van der Waals surface area contributed by atoms with Crippen molar-refractivity contribution >= 4 is 0 Å². The maximum Gasteiger partial charge on any atom is 0.0596 e. The molecule has 0 aromatic rings. The van der Waals surface area contributed by atoms with Crippen molar-refractivity contribution < 1.29 is 9.84 Å². The van der Waals surface area contributed by atoms with Gasteiger partial charge in [-0.15, -0.1) is 0 Å². The topological polar surface area (TPSA) is 32.7 Å². The Labute approximate surface area is 87.1 Å². The van der Waals surface area contributed by atoms with Crippen LogP contribution in [-0.2, 0) is 4.74 Å². The van der Waals surface area contributed by atoms with E-state index in [1.54, 1.807) is 0 Å². The molecule has 0 bridgehead atoms. The molecule has 1 aliphatic rings. The monoisotopic (exact) mass is 201 g/mol. The summed E-state index contributed by atoms with van der Waals surface area (Å²) < 4.78 is 5.51. The molecule has 0 aliphatic carbocycles. The highest BCUT2D eigenvalue weighted by Crippen LogP contribution is 2.18. The zero-order valence-corrected chi connectivity index (χ0v) is 9.41. The van der Waals surface area contributed by atoms with Gasteiger partial charge in [-0.25, -0.2) is 0 Å². The maximum absolute atomic E-state index is 8.82. The zero-order valence-electron chi connectivity index (χ0n) is 9.41. The molecule has 0 aromatic heterocycles. The fourth-order valence-electron chi connectivity index (χ4n) is 1.95. The molecule has 14 heavy (non-hydrogen) atoms. The van der Waals surface area contributed by atoms with Crippen molar-refractivity contribution in [1.29, 1.82) is 0 Å². The number of rotatable bonds is 6. The molecule has 0 aromatic carbocycles. The van der Waals surface area contributed by atoms with Crippen LogP contribution in [0.3, 0.4) is 0 Å². The Kier molecular flexibility index (Phi) is 5.45. The van der Waals surface area contributed by atoms with Crippen molar-refractivity contribution in [1.82, 2.24) is 4.90 Å². The molecule has 3 heteroatoms. The SMILES string of the molecule is CC(C)OCCN1CCC(CCO)C1. The van der Waals surface area contributed by atoms with Crippen LogP contribution in [0, 0.1) is 5.92 Å². The van der Waals surface area contributed by atoms with Gasteiger partial charge in [-0.05, 0) is 39.2 Å². The van der Waals surface area contributed by atoms with Crippen LogP contribution >= 0.6 is 0 Å². The van der Waals surface area contributed by atoms with Crippen molar-refractivity contribution in [2.45, 2.75) is 32.8 Å². The Balaban J connectivity index is 2.04. The van der Waals surface area contributed by atoms with Crippen LogP contribution in [0.15, 0.2) is 0 Å². The number of hydrogen-bond acceptors (Lipinski definition) is 3. The summed E-state index contributed by atoms with van der Waals surface area (Å²) in [6.07, 6.45) is 2.54. The van der Waals surface area contributed by atoms with Crippen LogP contribution in [0.2, 0.25) is 0 Å². The molecule has 1 N–H and O–H groups in total. The normalized spacial score (nSPS) is 23.6. The van der Waals surface area contributed by atoms with Crippen LogP contribution in [0.25, 0.3) is 0 Å². The average Bonchev–Trinajstić information content (AvgIpc) is 2.53. The first-order valence-corrected chi connectivity index (χ1v) is 5.67. The van der Waals surface area contributed by atoms with Gasteiger partial charge in [0.25, 0.3) is 0 Å². The van der Waals surface area contributed by atoms with Gasteiger partial charge in [0.15, 0.2) is 0 Å². The Hall–Kier alpha value is -0.120. The highest BCUT2D eigenvalue weighted by atomic mass is 16.5. The summed E-state index contributed by atoms with van der Waals surface area (Å²) in [4.78, 5) is 2.43. The summed E-state index contributed by atoms with van der Waals surface area (Å²) in [6.45, 7) is 8.66. The van der Waals surface area contributed by atoms with Gasteiger partial charge in [-0.1, -0.05) is 0 Å². The Morgan fingerprint density at radius 2 is 2.29 bits per heavy atom. The average molecular weight is 201 g/mol. The molecule has 1 rings (SSSR count). The molecule has 84 valence electrons. The molecule has 0 amide bonds. The van der Waals surface area contributed by atoms with E-state index in [9.17, 15) is 0 Å². The van der Waals surface area contributed by atoms with E-state index in [1.165, 1.54) is 13.0 Å². The van der Waals surface area contributed by atoms with E-state index in [2.05, 4.69) is 18.7 Å². The molecule has 0 spiro atoms. The summed E-state index contributed by atoms with van der Waals surface area (Å²) in [7, 11) is 0. The van der Waals surface area contributed by atoms with E-state index in [0.717, 1.165) is 26.1 Å². The number of hydrogen-bond donors (Lipinski definition) is 1. The number of aliphatic hydroxyl groups excluding tert-OH is 1. The maximum atomic E-state index is 8.82. The van der Waals surface area contributed by atoms with E-state index < -0.39 is 0 Å². The number of aliphatic hydroxyl groups is 1. The molecular formula is C11H23NO2. The smallest absolute Gasteiger partial charge is 0.0596 e. The minimum atomic E-state index is 0.334. The summed E-state index contributed by atoms with van der Waals surface area (Å²) in [5.41, 5.74) is 0. The molecular weight excluding hydrogens is 178 g/mol. The first kappa shape index (κ1) is 12.0. The molecule has 1 heterocycles.